The molecule has 1 aliphatic rings. The van der Waals surface area contributed by atoms with Crippen LogP contribution in [0.5, 0.6) is 0 Å². The zero-order valence-electron chi connectivity index (χ0n) is 18.0. The van der Waals surface area contributed by atoms with Gasteiger partial charge >= 0.3 is 6.18 Å². The molecule has 2 aromatic rings. The number of nitrogens with zero attached hydrogens (tertiary/aromatic N) is 2. The lowest BCUT2D eigenvalue weighted by Crippen LogP contribution is -2.40. The molecule has 1 aliphatic heterocycles. The fraction of sp³-hybridized carbons (Fsp3) is 0.409. The number of rotatable bonds is 8. The standard InChI is InChI=1S/C22H25ClF3N3O3S/c1-33(31,32)29(20-12-18(22(24,25)26)8-9-19(20)23)15-21(30)27-13-16-6-2-3-7-17(16)14-28-10-4-5-11-28/h2-3,6-9,12H,4-5,10-11,13-15H2,1H3,(H,27,30). The molecule has 0 bridgehead atoms. The summed E-state index contributed by atoms with van der Waals surface area (Å²) in [4.78, 5) is 14.9. The summed E-state index contributed by atoms with van der Waals surface area (Å²) in [6.45, 7) is 2.25. The first-order valence-corrected chi connectivity index (χ1v) is 12.6. The minimum absolute atomic E-state index is 0.163. The summed E-state index contributed by atoms with van der Waals surface area (Å²) >= 11 is 6.00. The van der Waals surface area contributed by atoms with E-state index in [2.05, 4.69) is 10.2 Å². The number of benzene rings is 2. The SMILES string of the molecule is CS(=O)(=O)N(CC(=O)NCc1ccccc1CN1CCCC1)c1cc(C(F)(F)F)ccc1Cl. The molecule has 2 aromatic carbocycles. The van der Waals surface area contributed by atoms with Gasteiger partial charge in [0.05, 0.1) is 22.5 Å². The second-order valence-electron chi connectivity index (χ2n) is 7.96. The van der Waals surface area contributed by atoms with E-state index < -0.39 is 39.9 Å². The summed E-state index contributed by atoms with van der Waals surface area (Å²) < 4.78 is 64.5. The van der Waals surface area contributed by atoms with Gasteiger partial charge in [-0.15, -0.1) is 0 Å². The summed E-state index contributed by atoms with van der Waals surface area (Å²) in [6, 6.07) is 9.96. The fourth-order valence-electron chi connectivity index (χ4n) is 3.71. The largest absolute Gasteiger partial charge is 0.416 e. The van der Waals surface area contributed by atoms with Crippen LogP contribution in [0.2, 0.25) is 5.02 Å². The van der Waals surface area contributed by atoms with Crippen molar-refractivity contribution in [2.75, 3.05) is 30.2 Å². The van der Waals surface area contributed by atoms with Gasteiger partial charge in [-0.3, -0.25) is 14.0 Å². The van der Waals surface area contributed by atoms with Crippen LogP contribution in [0.1, 0.15) is 29.5 Å². The van der Waals surface area contributed by atoms with E-state index >= 15 is 0 Å². The smallest absolute Gasteiger partial charge is 0.350 e. The number of hydrogen-bond acceptors (Lipinski definition) is 4. The average Bonchev–Trinajstić information content (AvgIpc) is 3.23. The first-order chi connectivity index (χ1) is 15.4. The van der Waals surface area contributed by atoms with E-state index in [1.165, 1.54) is 0 Å². The molecule has 0 unspecified atom stereocenters. The lowest BCUT2D eigenvalue weighted by Gasteiger charge is -2.24. The van der Waals surface area contributed by atoms with Crippen LogP contribution < -0.4 is 9.62 Å². The first-order valence-electron chi connectivity index (χ1n) is 10.4. The van der Waals surface area contributed by atoms with Crippen molar-refractivity contribution in [3.05, 3.63) is 64.2 Å². The zero-order valence-corrected chi connectivity index (χ0v) is 19.6. The van der Waals surface area contributed by atoms with Gasteiger partial charge in [0.25, 0.3) is 0 Å². The molecule has 180 valence electrons. The van der Waals surface area contributed by atoms with Gasteiger partial charge in [-0.05, 0) is 55.3 Å². The monoisotopic (exact) mass is 503 g/mol. The Hall–Kier alpha value is -2.30. The van der Waals surface area contributed by atoms with Crippen molar-refractivity contribution in [2.24, 2.45) is 0 Å². The Balaban J connectivity index is 1.74. The molecular weight excluding hydrogens is 479 g/mol. The van der Waals surface area contributed by atoms with Gasteiger partial charge in [0.2, 0.25) is 15.9 Å². The van der Waals surface area contributed by atoms with Crippen LogP contribution in [0.3, 0.4) is 0 Å². The summed E-state index contributed by atoms with van der Waals surface area (Å²) in [5, 5.41) is 2.46. The van der Waals surface area contributed by atoms with Crippen molar-refractivity contribution in [3.8, 4) is 0 Å². The third-order valence-corrected chi connectivity index (χ3v) is 6.86. The number of alkyl halides is 3. The third-order valence-electron chi connectivity index (χ3n) is 5.42. The number of likely N-dealkylation sites (tertiary alicyclic amines) is 1. The molecule has 0 radical (unpaired) electrons. The highest BCUT2D eigenvalue weighted by Gasteiger charge is 2.33. The average molecular weight is 504 g/mol. The highest BCUT2D eigenvalue weighted by Crippen LogP contribution is 2.36. The quantitative estimate of drug-likeness (QED) is 0.590. The zero-order chi connectivity index (χ0) is 24.2. The maximum atomic E-state index is 13.1. The van der Waals surface area contributed by atoms with Crippen LogP contribution in [0.15, 0.2) is 42.5 Å². The lowest BCUT2D eigenvalue weighted by molar-refractivity contribution is -0.137. The van der Waals surface area contributed by atoms with Crippen LogP contribution in [0.25, 0.3) is 0 Å². The number of carbonyl (C=O) groups is 1. The Morgan fingerprint density at radius 1 is 1.12 bits per heavy atom. The van der Waals surface area contributed by atoms with Crippen molar-refractivity contribution in [1.29, 1.82) is 0 Å². The lowest BCUT2D eigenvalue weighted by atomic mass is 10.1. The molecule has 33 heavy (non-hydrogen) atoms. The Morgan fingerprint density at radius 2 is 1.76 bits per heavy atom. The maximum Gasteiger partial charge on any atom is 0.416 e. The van der Waals surface area contributed by atoms with E-state index in [1.807, 2.05) is 24.3 Å². The molecule has 1 fully saturated rings. The topological polar surface area (TPSA) is 69.7 Å². The van der Waals surface area contributed by atoms with E-state index in [9.17, 15) is 26.4 Å². The molecule has 0 aliphatic carbocycles. The van der Waals surface area contributed by atoms with E-state index in [-0.39, 0.29) is 11.6 Å². The third kappa shape index (κ3) is 6.84. The second-order valence-corrected chi connectivity index (χ2v) is 10.3. The second kappa shape index (κ2) is 10.3. The molecular formula is C22H25ClF3N3O3S. The molecule has 0 saturated carbocycles. The van der Waals surface area contributed by atoms with Crippen molar-refractivity contribution in [3.63, 3.8) is 0 Å². The Morgan fingerprint density at radius 3 is 2.36 bits per heavy atom. The predicted octanol–water partition coefficient (Wildman–Crippen LogP) is 4.04. The molecule has 1 amide bonds. The van der Waals surface area contributed by atoms with Gasteiger partial charge in [-0.25, -0.2) is 8.42 Å². The normalized spacial score (nSPS) is 14.9. The number of carbonyl (C=O) groups excluding carboxylic acids is 1. The van der Waals surface area contributed by atoms with Crippen molar-refractivity contribution >= 4 is 33.2 Å². The highest BCUT2D eigenvalue weighted by atomic mass is 35.5. The highest BCUT2D eigenvalue weighted by molar-refractivity contribution is 7.92. The molecule has 0 aromatic heterocycles. The van der Waals surface area contributed by atoms with Crippen molar-refractivity contribution < 1.29 is 26.4 Å². The van der Waals surface area contributed by atoms with Crippen LogP contribution in [0, 0.1) is 0 Å². The van der Waals surface area contributed by atoms with E-state index in [1.54, 1.807) is 0 Å². The van der Waals surface area contributed by atoms with Gasteiger partial charge in [0.1, 0.15) is 6.54 Å². The maximum absolute atomic E-state index is 13.1. The van der Waals surface area contributed by atoms with E-state index in [0.29, 0.717) is 10.4 Å². The molecule has 3 rings (SSSR count). The van der Waals surface area contributed by atoms with Crippen molar-refractivity contribution in [2.45, 2.75) is 32.1 Å². The molecule has 1 heterocycles. The van der Waals surface area contributed by atoms with Crippen LogP contribution in [-0.4, -0.2) is 45.1 Å². The minimum Gasteiger partial charge on any atom is -0.350 e. The van der Waals surface area contributed by atoms with Gasteiger partial charge in [-0.2, -0.15) is 13.2 Å². The Labute approximate surface area is 196 Å². The van der Waals surface area contributed by atoms with Gasteiger partial charge in [-0.1, -0.05) is 35.9 Å². The molecule has 1 saturated heterocycles. The number of sulfonamides is 1. The summed E-state index contributed by atoms with van der Waals surface area (Å²) in [6.07, 6.45) is -1.58. The molecule has 0 spiro atoms. The summed E-state index contributed by atoms with van der Waals surface area (Å²) in [7, 11) is -4.09. The van der Waals surface area contributed by atoms with Crippen LogP contribution in [0.4, 0.5) is 18.9 Å². The fourth-order valence-corrected chi connectivity index (χ4v) is 4.84. The van der Waals surface area contributed by atoms with Gasteiger partial charge in [0, 0.05) is 13.1 Å². The van der Waals surface area contributed by atoms with Crippen LogP contribution >= 0.6 is 11.6 Å². The van der Waals surface area contributed by atoms with Crippen molar-refractivity contribution in [1.82, 2.24) is 10.2 Å². The summed E-state index contributed by atoms with van der Waals surface area (Å²) in [5.74, 6) is -0.662. The van der Waals surface area contributed by atoms with Crippen LogP contribution in [-0.2, 0) is 34.1 Å². The first kappa shape index (κ1) is 25.3. The molecule has 11 heteroatoms. The molecule has 0 atom stereocenters. The number of amides is 1. The van der Waals surface area contributed by atoms with E-state index in [0.717, 1.165) is 62.0 Å². The Bertz CT molecular complexity index is 1100. The Kier molecular flexibility index (Phi) is 7.92. The number of halogens is 4. The number of nitrogens with one attached hydrogen (secondary N) is 1. The van der Waals surface area contributed by atoms with Gasteiger partial charge in [0.15, 0.2) is 0 Å². The summed E-state index contributed by atoms with van der Waals surface area (Å²) in [5.41, 5.74) is 0.478. The molecule has 6 nitrogen and oxygen atoms in total. The number of anilines is 1. The van der Waals surface area contributed by atoms with Gasteiger partial charge < -0.3 is 5.32 Å². The number of hydrogen-bond donors (Lipinski definition) is 1. The van der Waals surface area contributed by atoms with E-state index in [4.69, 9.17) is 11.6 Å². The predicted molar refractivity (Wildman–Crippen MR) is 121 cm³/mol. The molecule has 1 N–H and O–H groups in total. The minimum atomic E-state index is -4.69.